The molecule has 0 aliphatic heterocycles. The highest BCUT2D eigenvalue weighted by atomic mass is 15.0. The first kappa shape index (κ1) is 35.9. The first-order chi connectivity index (χ1) is 30.2. The van der Waals surface area contributed by atoms with Crippen molar-refractivity contribution < 1.29 is 0 Å². The van der Waals surface area contributed by atoms with Gasteiger partial charge in [0.2, 0.25) is 0 Å². The van der Waals surface area contributed by atoms with Crippen molar-refractivity contribution in [2.24, 2.45) is 0 Å². The maximum absolute atomic E-state index is 5.23. The van der Waals surface area contributed by atoms with Crippen molar-refractivity contribution in [2.45, 2.75) is 0 Å². The van der Waals surface area contributed by atoms with E-state index in [-0.39, 0.29) is 0 Å². The van der Waals surface area contributed by atoms with Gasteiger partial charge in [0.25, 0.3) is 0 Å². The lowest BCUT2D eigenvalue weighted by atomic mass is 9.99. The van der Waals surface area contributed by atoms with Crippen molar-refractivity contribution in [1.82, 2.24) is 19.5 Å². The van der Waals surface area contributed by atoms with E-state index in [0.29, 0.717) is 17.5 Å². The summed E-state index contributed by atoms with van der Waals surface area (Å²) in [4.78, 5) is 15.5. The average Bonchev–Trinajstić information content (AvgIpc) is 3.69. The van der Waals surface area contributed by atoms with E-state index in [1.807, 2.05) is 24.3 Å². The number of aromatic nitrogens is 4. The highest BCUT2D eigenvalue weighted by Gasteiger charge is 2.20. The number of para-hydroxylation sites is 1. The molecule has 0 aliphatic carbocycles. The van der Waals surface area contributed by atoms with E-state index in [0.717, 1.165) is 55.3 Å². The molecule has 0 N–H and O–H groups in total. The topological polar surface area (TPSA) is 43.6 Å². The van der Waals surface area contributed by atoms with Crippen LogP contribution in [0.15, 0.2) is 231 Å². The first-order valence-electron chi connectivity index (χ1n) is 20.6. The molecule has 0 saturated carbocycles. The summed E-state index contributed by atoms with van der Waals surface area (Å²) in [6.45, 7) is 0. The molecule has 4 nitrogen and oxygen atoms in total. The third-order valence-corrected chi connectivity index (χ3v) is 11.5. The minimum atomic E-state index is 0.628. The Bertz CT molecular complexity index is 3280. The maximum Gasteiger partial charge on any atom is 0.164 e. The second-order valence-corrected chi connectivity index (χ2v) is 15.2. The van der Waals surface area contributed by atoms with Gasteiger partial charge in [-0.05, 0) is 68.8 Å². The largest absolute Gasteiger partial charge is 0.309 e. The van der Waals surface area contributed by atoms with Crippen molar-refractivity contribution >= 4 is 21.8 Å². The van der Waals surface area contributed by atoms with E-state index in [2.05, 4.69) is 211 Å². The molecule has 286 valence electrons. The minimum Gasteiger partial charge on any atom is -0.309 e. The van der Waals surface area contributed by atoms with Crippen LogP contribution in [-0.4, -0.2) is 19.5 Å². The van der Waals surface area contributed by atoms with Crippen molar-refractivity contribution in [2.75, 3.05) is 0 Å². The van der Waals surface area contributed by atoms with Crippen LogP contribution in [0.1, 0.15) is 0 Å². The zero-order valence-corrected chi connectivity index (χ0v) is 33.2. The van der Waals surface area contributed by atoms with E-state index in [9.17, 15) is 0 Å². The second-order valence-electron chi connectivity index (χ2n) is 15.2. The van der Waals surface area contributed by atoms with Gasteiger partial charge in [0.05, 0.1) is 11.0 Å². The van der Waals surface area contributed by atoms with Gasteiger partial charge in [0.15, 0.2) is 17.5 Å². The predicted molar refractivity (Wildman–Crippen MR) is 252 cm³/mol. The van der Waals surface area contributed by atoms with E-state index >= 15 is 0 Å². The number of benzene rings is 9. The van der Waals surface area contributed by atoms with Crippen LogP contribution >= 0.6 is 0 Å². The van der Waals surface area contributed by atoms with Crippen LogP contribution in [-0.2, 0) is 0 Å². The molecule has 0 spiro atoms. The van der Waals surface area contributed by atoms with Crippen molar-refractivity contribution in [3.8, 4) is 84.4 Å². The molecule has 4 heteroatoms. The van der Waals surface area contributed by atoms with Crippen molar-refractivity contribution in [1.29, 1.82) is 0 Å². The quantitative estimate of drug-likeness (QED) is 0.154. The number of hydrogen-bond donors (Lipinski definition) is 0. The Morgan fingerprint density at radius 3 is 1.08 bits per heavy atom. The lowest BCUT2D eigenvalue weighted by molar-refractivity contribution is 1.08. The van der Waals surface area contributed by atoms with Crippen molar-refractivity contribution in [3.05, 3.63) is 231 Å². The summed E-state index contributed by atoms with van der Waals surface area (Å²) < 4.78 is 2.35. The summed E-state index contributed by atoms with van der Waals surface area (Å²) in [7, 11) is 0. The average molecular weight is 779 g/mol. The second kappa shape index (κ2) is 15.5. The molecule has 9 aromatic carbocycles. The SMILES string of the molecule is c1ccc(-c2ccc(-c3ccc(-c4nc(-c5ccccc5)nc(-c5cccc6c5c5ccccc5n6-c5ccc(-c6ccc(-c7ccccc7)cc6)cc5)n4)cc3)cc2)cc1. The number of hydrogen-bond acceptors (Lipinski definition) is 3. The zero-order chi connectivity index (χ0) is 40.5. The Morgan fingerprint density at radius 2 is 0.590 bits per heavy atom. The molecule has 11 aromatic rings. The molecule has 0 fully saturated rings. The molecule has 2 aromatic heterocycles. The van der Waals surface area contributed by atoms with E-state index in [1.54, 1.807) is 0 Å². The van der Waals surface area contributed by atoms with Crippen LogP contribution in [0.25, 0.3) is 106 Å². The Balaban J connectivity index is 0.978. The Morgan fingerprint density at radius 1 is 0.246 bits per heavy atom. The van der Waals surface area contributed by atoms with Crippen LogP contribution in [0.3, 0.4) is 0 Å². The van der Waals surface area contributed by atoms with Gasteiger partial charge in [-0.2, -0.15) is 0 Å². The molecular formula is C57H38N4. The fourth-order valence-electron chi connectivity index (χ4n) is 8.41. The van der Waals surface area contributed by atoms with Crippen LogP contribution in [0.2, 0.25) is 0 Å². The van der Waals surface area contributed by atoms with Crippen LogP contribution < -0.4 is 0 Å². The highest BCUT2D eigenvalue weighted by molar-refractivity contribution is 6.15. The summed E-state index contributed by atoms with van der Waals surface area (Å²) in [5.74, 6) is 1.89. The van der Waals surface area contributed by atoms with Gasteiger partial charge in [-0.15, -0.1) is 0 Å². The lowest BCUT2D eigenvalue weighted by Crippen LogP contribution is -2.00. The molecule has 0 unspecified atom stereocenters. The number of fused-ring (bicyclic) bond motifs is 3. The molecule has 0 atom stereocenters. The molecule has 0 aliphatic rings. The Labute approximate surface area is 354 Å². The van der Waals surface area contributed by atoms with Gasteiger partial charge in [0.1, 0.15) is 0 Å². The molecule has 0 saturated heterocycles. The third kappa shape index (κ3) is 6.86. The van der Waals surface area contributed by atoms with Gasteiger partial charge >= 0.3 is 0 Å². The number of rotatable bonds is 8. The van der Waals surface area contributed by atoms with Gasteiger partial charge < -0.3 is 4.57 Å². The predicted octanol–water partition coefficient (Wildman–Crippen LogP) is 14.6. The molecule has 2 heterocycles. The standard InChI is InChI=1S/C57H38N4/c1-4-13-39(14-5-1)41-23-27-43(28-24-41)45-31-33-48(34-32-45)56-58-55(47-17-8-3-9-18-47)59-57(60-56)51-20-12-22-53-54(51)50-19-10-11-21-52(50)61(53)49-37-35-46(36-38-49)44-29-25-42(26-30-44)40-15-6-2-7-16-40/h1-38H. The van der Waals surface area contributed by atoms with E-state index < -0.39 is 0 Å². The summed E-state index contributed by atoms with van der Waals surface area (Å²) in [5.41, 5.74) is 15.6. The molecule has 0 radical (unpaired) electrons. The van der Waals surface area contributed by atoms with E-state index in [1.165, 1.54) is 33.4 Å². The summed E-state index contributed by atoms with van der Waals surface area (Å²) in [6.07, 6.45) is 0. The smallest absolute Gasteiger partial charge is 0.164 e. The molecule has 61 heavy (non-hydrogen) atoms. The first-order valence-corrected chi connectivity index (χ1v) is 20.6. The van der Waals surface area contributed by atoms with Gasteiger partial charge in [0, 0.05) is 33.2 Å². The fourth-order valence-corrected chi connectivity index (χ4v) is 8.41. The van der Waals surface area contributed by atoms with Gasteiger partial charge in [-0.1, -0.05) is 206 Å². The summed E-state index contributed by atoms with van der Waals surface area (Å²) in [6, 6.07) is 81.1. The van der Waals surface area contributed by atoms with Gasteiger partial charge in [-0.25, -0.2) is 15.0 Å². The van der Waals surface area contributed by atoms with Crippen molar-refractivity contribution in [3.63, 3.8) is 0 Å². The normalized spacial score (nSPS) is 11.3. The Hall–Kier alpha value is -8.21. The number of nitrogens with zero attached hydrogens (tertiary/aromatic N) is 4. The molecule has 0 bridgehead atoms. The maximum atomic E-state index is 5.23. The Kier molecular flexibility index (Phi) is 9.14. The minimum absolute atomic E-state index is 0.628. The van der Waals surface area contributed by atoms with Crippen LogP contribution in [0, 0.1) is 0 Å². The fraction of sp³-hybridized carbons (Fsp3) is 0. The molecule has 0 amide bonds. The third-order valence-electron chi connectivity index (χ3n) is 11.5. The highest BCUT2D eigenvalue weighted by Crippen LogP contribution is 2.39. The van der Waals surface area contributed by atoms with Gasteiger partial charge in [-0.3, -0.25) is 0 Å². The van der Waals surface area contributed by atoms with Crippen LogP contribution in [0.4, 0.5) is 0 Å². The molecule has 11 rings (SSSR count). The summed E-state index contributed by atoms with van der Waals surface area (Å²) >= 11 is 0. The zero-order valence-electron chi connectivity index (χ0n) is 33.2. The van der Waals surface area contributed by atoms with Crippen LogP contribution in [0.5, 0.6) is 0 Å². The monoisotopic (exact) mass is 778 g/mol. The van der Waals surface area contributed by atoms with E-state index in [4.69, 9.17) is 15.0 Å². The summed E-state index contributed by atoms with van der Waals surface area (Å²) in [5, 5.41) is 2.24. The molecular weight excluding hydrogens is 741 g/mol. The lowest BCUT2D eigenvalue weighted by Gasteiger charge is -2.11.